The quantitative estimate of drug-likeness (QED) is 0.386. The third kappa shape index (κ3) is 3.81. The molecule has 0 heterocycles. The van der Waals surface area contributed by atoms with Crippen LogP contribution in [0.3, 0.4) is 0 Å². The van der Waals surface area contributed by atoms with Crippen molar-refractivity contribution in [1.29, 1.82) is 0 Å². The highest BCUT2D eigenvalue weighted by Crippen LogP contribution is 2.74. The van der Waals surface area contributed by atoms with Crippen LogP contribution in [0.15, 0.2) is 53.6 Å². The second kappa shape index (κ2) is 9.06. The van der Waals surface area contributed by atoms with Crippen molar-refractivity contribution in [3.8, 4) is 0 Å². The van der Waals surface area contributed by atoms with Crippen molar-refractivity contribution >= 4 is 5.97 Å². The molecule has 1 N–H and O–H groups in total. The molecule has 3 nitrogen and oxygen atoms in total. The lowest BCUT2D eigenvalue weighted by Crippen LogP contribution is -2.61. The van der Waals surface area contributed by atoms with Gasteiger partial charge in [-0.2, -0.15) is 0 Å². The van der Waals surface area contributed by atoms with Crippen molar-refractivity contribution in [2.45, 2.75) is 112 Å². The van der Waals surface area contributed by atoms with E-state index < -0.39 is 0 Å². The minimum atomic E-state index is -0.193. The van der Waals surface area contributed by atoms with Crippen LogP contribution in [0.25, 0.3) is 0 Å². The van der Waals surface area contributed by atoms with Crippen molar-refractivity contribution in [2.24, 2.45) is 44.3 Å². The molecule has 0 saturated heterocycles. The molecule has 0 aromatic heterocycles. The smallest absolute Gasteiger partial charge is 0.338 e. The van der Waals surface area contributed by atoms with Crippen LogP contribution in [0.2, 0.25) is 0 Å². The minimum Gasteiger partial charge on any atom is -0.458 e. The highest BCUT2D eigenvalue weighted by molar-refractivity contribution is 5.89. The molecule has 5 aliphatic carbocycles. The molecule has 3 saturated carbocycles. The number of allylic oxidation sites excluding steroid dienone is 4. The Kier molecular flexibility index (Phi) is 6.40. The molecule has 6 rings (SSSR count). The van der Waals surface area contributed by atoms with Gasteiger partial charge in [-0.1, -0.05) is 78.8 Å². The molecular weight excluding hydrogens is 492 g/mol. The first-order valence-electron chi connectivity index (χ1n) is 16.0. The molecule has 3 fully saturated rings. The first-order chi connectivity index (χ1) is 18.7. The molecule has 5 aliphatic rings. The van der Waals surface area contributed by atoms with Gasteiger partial charge in [0.15, 0.2) is 0 Å². The fraction of sp³-hybridized carbons (Fsp3) is 0.703. The zero-order chi connectivity index (χ0) is 28.8. The van der Waals surface area contributed by atoms with Gasteiger partial charge in [0.2, 0.25) is 0 Å². The molecule has 8 atom stereocenters. The maximum atomic E-state index is 13.1. The summed E-state index contributed by atoms with van der Waals surface area (Å²) < 4.78 is 6.25. The Balaban J connectivity index is 1.32. The molecule has 0 bridgehead atoms. The van der Waals surface area contributed by atoms with Crippen LogP contribution in [0.1, 0.15) is 117 Å². The molecule has 218 valence electrons. The summed E-state index contributed by atoms with van der Waals surface area (Å²) in [4.78, 5) is 13.1. The fourth-order valence-electron chi connectivity index (χ4n) is 10.8. The standard InChI is InChI=1S/C37H52O3/c1-32(2)28-14-13-27-26(35(28,5)17-16-30(32)40-31(39)25-11-9-8-10-12-25)15-18-37(7)29-23-33(3,24-38)19-20-34(29,4)21-22-36(27,37)6/h8-13,15,28-30,38H,14,16-24H2,1-7H3/t28?,29-,30?,33-,34-,35-,36-,37?/m1/s1. The number of carbonyl (C=O) groups excluding carboxylic acids is 1. The summed E-state index contributed by atoms with van der Waals surface area (Å²) in [6.07, 6.45) is 15.4. The summed E-state index contributed by atoms with van der Waals surface area (Å²) in [6.45, 7) is 17.6. The van der Waals surface area contributed by atoms with E-state index in [9.17, 15) is 9.90 Å². The van der Waals surface area contributed by atoms with Crippen LogP contribution in [0.4, 0.5) is 0 Å². The number of hydrogen-bond donors (Lipinski definition) is 1. The highest BCUT2D eigenvalue weighted by Gasteiger charge is 2.66. The van der Waals surface area contributed by atoms with E-state index in [2.05, 4.69) is 60.6 Å². The first kappa shape index (κ1) is 28.3. The summed E-state index contributed by atoms with van der Waals surface area (Å²) in [5, 5.41) is 10.4. The van der Waals surface area contributed by atoms with Crippen molar-refractivity contribution in [3.63, 3.8) is 0 Å². The third-order valence-corrected chi connectivity index (χ3v) is 13.9. The van der Waals surface area contributed by atoms with E-state index in [1.165, 1.54) is 19.3 Å². The second-order valence-electron chi connectivity index (χ2n) is 16.4. The van der Waals surface area contributed by atoms with Crippen molar-refractivity contribution in [3.05, 3.63) is 59.2 Å². The van der Waals surface area contributed by atoms with Gasteiger partial charge in [0, 0.05) is 12.0 Å². The summed E-state index contributed by atoms with van der Waals surface area (Å²) >= 11 is 0. The molecule has 40 heavy (non-hydrogen) atoms. The van der Waals surface area contributed by atoms with Gasteiger partial charge in [-0.3, -0.25) is 0 Å². The first-order valence-corrected chi connectivity index (χ1v) is 16.0. The van der Waals surface area contributed by atoms with Crippen LogP contribution >= 0.6 is 0 Å². The van der Waals surface area contributed by atoms with Gasteiger partial charge >= 0.3 is 5.97 Å². The predicted molar refractivity (Wildman–Crippen MR) is 162 cm³/mol. The number of aliphatic hydroxyl groups is 1. The third-order valence-electron chi connectivity index (χ3n) is 13.9. The Hall–Kier alpha value is -1.87. The van der Waals surface area contributed by atoms with Gasteiger partial charge in [-0.15, -0.1) is 0 Å². The minimum absolute atomic E-state index is 0.0487. The van der Waals surface area contributed by atoms with Crippen molar-refractivity contribution in [1.82, 2.24) is 0 Å². The Morgan fingerprint density at radius 1 is 0.875 bits per heavy atom. The lowest BCUT2D eigenvalue weighted by atomic mass is 9.36. The van der Waals surface area contributed by atoms with Crippen LogP contribution < -0.4 is 0 Å². The van der Waals surface area contributed by atoms with Crippen molar-refractivity contribution < 1.29 is 14.6 Å². The van der Waals surface area contributed by atoms with Gasteiger partial charge in [0.05, 0.1) is 5.56 Å². The zero-order valence-corrected chi connectivity index (χ0v) is 26.1. The Labute approximate surface area is 242 Å². The van der Waals surface area contributed by atoms with Gasteiger partial charge in [-0.25, -0.2) is 4.79 Å². The SMILES string of the molecule is CC1(C)C(OC(=O)c2ccccc2)CC[C@]2(C)C3=CCC4(C)[C@@H]5C[C@](C)(CO)CC[C@]5(C)CC[C@]4(C)C3=CCC12. The van der Waals surface area contributed by atoms with Gasteiger partial charge in [-0.05, 0) is 120 Å². The molecule has 0 aliphatic heterocycles. The predicted octanol–water partition coefficient (Wildman–Crippen LogP) is 8.93. The van der Waals surface area contributed by atoms with Crippen LogP contribution in [0.5, 0.6) is 0 Å². The molecule has 3 unspecified atom stereocenters. The van der Waals surface area contributed by atoms with Crippen LogP contribution in [-0.4, -0.2) is 23.8 Å². The van der Waals surface area contributed by atoms with Gasteiger partial charge in [0.1, 0.15) is 6.10 Å². The average Bonchev–Trinajstić information content (AvgIpc) is 2.93. The van der Waals surface area contributed by atoms with E-state index in [1.54, 1.807) is 11.1 Å². The maximum Gasteiger partial charge on any atom is 0.338 e. The summed E-state index contributed by atoms with van der Waals surface area (Å²) in [7, 11) is 0. The summed E-state index contributed by atoms with van der Waals surface area (Å²) in [6, 6.07) is 9.46. The lowest BCUT2D eigenvalue weighted by molar-refractivity contribution is -0.150. The topological polar surface area (TPSA) is 46.5 Å². The lowest BCUT2D eigenvalue weighted by Gasteiger charge is -2.69. The van der Waals surface area contributed by atoms with E-state index in [4.69, 9.17) is 4.74 Å². The van der Waals surface area contributed by atoms with Gasteiger partial charge in [0.25, 0.3) is 0 Å². The van der Waals surface area contributed by atoms with Crippen LogP contribution in [-0.2, 0) is 4.74 Å². The zero-order valence-electron chi connectivity index (χ0n) is 26.1. The van der Waals surface area contributed by atoms with E-state index in [-0.39, 0.29) is 39.1 Å². The number of esters is 1. The van der Waals surface area contributed by atoms with E-state index in [0.29, 0.717) is 29.4 Å². The number of rotatable bonds is 3. The van der Waals surface area contributed by atoms with Gasteiger partial charge < -0.3 is 9.84 Å². The molecule has 3 heteroatoms. The Bertz CT molecular complexity index is 1240. The highest BCUT2D eigenvalue weighted by atomic mass is 16.5. The molecule has 0 radical (unpaired) electrons. The number of benzene rings is 1. The second-order valence-corrected chi connectivity index (χ2v) is 16.4. The summed E-state index contributed by atoms with van der Waals surface area (Å²) in [5.41, 5.74) is 4.65. The molecule has 0 spiro atoms. The number of aliphatic hydroxyl groups excluding tert-OH is 1. The number of ether oxygens (including phenoxy) is 1. The molecule has 1 aromatic rings. The van der Waals surface area contributed by atoms with E-state index >= 15 is 0 Å². The monoisotopic (exact) mass is 544 g/mol. The van der Waals surface area contributed by atoms with E-state index in [1.807, 2.05) is 30.3 Å². The van der Waals surface area contributed by atoms with E-state index in [0.717, 1.165) is 38.5 Å². The fourth-order valence-corrected chi connectivity index (χ4v) is 10.8. The number of fused-ring (bicyclic) bond motifs is 7. The Morgan fingerprint density at radius 3 is 2.27 bits per heavy atom. The molecule has 1 aromatic carbocycles. The summed E-state index contributed by atoms with van der Waals surface area (Å²) in [5.74, 6) is 0.868. The van der Waals surface area contributed by atoms with Crippen LogP contribution in [0, 0.1) is 44.3 Å². The average molecular weight is 545 g/mol. The number of hydrogen-bond acceptors (Lipinski definition) is 3. The normalized spacial score (nSPS) is 45.5. The maximum absolute atomic E-state index is 13.1. The molecular formula is C37H52O3. The largest absolute Gasteiger partial charge is 0.458 e. The Morgan fingerprint density at radius 2 is 1.57 bits per heavy atom. The number of carbonyl (C=O) groups is 1. The van der Waals surface area contributed by atoms with Crippen molar-refractivity contribution in [2.75, 3.05) is 6.61 Å². The molecule has 0 amide bonds.